The number of ketones is 1. The molecule has 0 N–H and O–H groups in total. The highest BCUT2D eigenvalue weighted by Crippen LogP contribution is 2.21. The van der Waals surface area contributed by atoms with E-state index in [1.54, 1.807) is 18.2 Å². The fraction of sp³-hybridized carbons (Fsp3) is 0.389. The van der Waals surface area contributed by atoms with E-state index in [9.17, 15) is 14.4 Å². The third-order valence-corrected chi connectivity index (χ3v) is 4.16. The first-order valence-electron chi connectivity index (χ1n) is 8.04. The number of hydrogen-bond acceptors (Lipinski definition) is 5. The van der Waals surface area contributed by atoms with Crippen molar-refractivity contribution in [2.24, 2.45) is 0 Å². The van der Waals surface area contributed by atoms with Gasteiger partial charge in [-0.3, -0.25) is 9.59 Å². The fourth-order valence-corrected chi connectivity index (χ4v) is 2.81. The normalized spacial score (nSPS) is 14.6. The Hall–Kier alpha value is -2.63. The molecule has 24 heavy (non-hydrogen) atoms. The monoisotopic (exact) mass is 329 g/mol. The van der Waals surface area contributed by atoms with Crippen LogP contribution in [0.15, 0.2) is 33.5 Å². The molecular weight excluding hydrogens is 310 g/mol. The molecule has 1 aliphatic rings. The number of fused-ring (bicyclic) bond motifs is 1. The van der Waals surface area contributed by atoms with Gasteiger partial charge in [0.15, 0.2) is 12.4 Å². The Morgan fingerprint density at radius 1 is 1.17 bits per heavy atom. The van der Waals surface area contributed by atoms with Crippen molar-refractivity contribution in [3.8, 4) is 5.75 Å². The quantitative estimate of drug-likeness (QED) is 0.636. The number of Topliss-reactive ketones (excluding diaryl/α,β-unsaturated/α-hetero) is 1. The van der Waals surface area contributed by atoms with E-state index in [-0.39, 0.29) is 23.9 Å². The minimum Gasteiger partial charge on any atom is -0.484 e. The van der Waals surface area contributed by atoms with Crippen molar-refractivity contribution in [2.45, 2.75) is 26.2 Å². The molecule has 0 radical (unpaired) electrons. The molecule has 6 heteroatoms. The summed E-state index contributed by atoms with van der Waals surface area (Å²) in [6.07, 6.45) is 3.23. The largest absolute Gasteiger partial charge is 0.484 e. The minimum absolute atomic E-state index is 0.0245. The van der Waals surface area contributed by atoms with E-state index < -0.39 is 5.63 Å². The van der Waals surface area contributed by atoms with Crippen molar-refractivity contribution in [1.82, 2.24) is 4.90 Å². The van der Waals surface area contributed by atoms with E-state index in [4.69, 9.17) is 9.15 Å². The molecule has 0 aliphatic carbocycles. The van der Waals surface area contributed by atoms with Gasteiger partial charge in [-0.05, 0) is 44.4 Å². The van der Waals surface area contributed by atoms with Crippen molar-refractivity contribution >= 4 is 22.7 Å². The lowest BCUT2D eigenvalue weighted by molar-refractivity contribution is -0.134. The third kappa shape index (κ3) is 3.48. The summed E-state index contributed by atoms with van der Waals surface area (Å²) < 4.78 is 10.7. The Morgan fingerprint density at radius 3 is 2.62 bits per heavy atom. The standard InChI is InChI=1S/C18H19NO5/c1-12(20)15-9-13-5-6-14(10-16(13)24-18(15)22)23-11-17(21)19-7-3-2-4-8-19/h5-6,9-10H,2-4,7-8,11H2,1H3. The molecule has 0 bridgehead atoms. The molecule has 1 amide bonds. The molecule has 6 nitrogen and oxygen atoms in total. The van der Waals surface area contributed by atoms with Gasteiger partial charge in [0.2, 0.25) is 0 Å². The summed E-state index contributed by atoms with van der Waals surface area (Å²) in [4.78, 5) is 37.1. The van der Waals surface area contributed by atoms with Gasteiger partial charge in [0, 0.05) is 24.5 Å². The summed E-state index contributed by atoms with van der Waals surface area (Å²) in [5.74, 6) is 0.0767. The summed E-state index contributed by atoms with van der Waals surface area (Å²) in [5.41, 5.74) is -0.319. The Kier molecular flexibility index (Phi) is 4.64. The zero-order valence-corrected chi connectivity index (χ0v) is 13.5. The molecular formula is C18H19NO5. The first kappa shape index (κ1) is 16.2. The van der Waals surface area contributed by atoms with E-state index >= 15 is 0 Å². The maximum Gasteiger partial charge on any atom is 0.347 e. The van der Waals surface area contributed by atoms with Gasteiger partial charge in [0.05, 0.1) is 0 Å². The minimum atomic E-state index is -0.670. The summed E-state index contributed by atoms with van der Waals surface area (Å²) in [7, 11) is 0. The average Bonchev–Trinajstić information content (AvgIpc) is 2.59. The molecule has 3 rings (SSSR count). The molecule has 0 saturated carbocycles. The van der Waals surface area contributed by atoms with Gasteiger partial charge in [-0.15, -0.1) is 0 Å². The molecule has 2 heterocycles. The van der Waals surface area contributed by atoms with Crippen LogP contribution < -0.4 is 10.4 Å². The number of ether oxygens (including phenoxy) is 1. The van der Waals surface area contributed by atoms with Gasteiger partial charge in [0.1, 0.15) is 16.9 Å². The summed E-state index contributed by atoms with van der Waals surface area (Å²) in [5, 5.41) is 0.634. The van der Waals surface area contributed by atoms with Crippen LogP contribution in [0.4, 0.5) is 0 Å². The molecule has 1 aromatic carbocycles. The lowest BCUT2D eigenvalue weighted by Crippen LogP contribution is -2.38. The van der Waals surface area contributed by atoms with E-state index in [1.165, 1.54) is 13.0 Å². The van der Waals surface area contributed by atoms with Gasteiger partial charge in [-0.25, -0.2) is 4.79 Å². The average molecular weight is 329 g/mol. The Balaban J connectivity index is 1.73. The molecule has 2 aromatic rings. The SMILES string of the molecule is CC(=O)c1cc2ccc(OCC(=O)N3CCCCC3)cc2oc1=O. The summed E-state index contributed by atoms with van der Waals surface area (Å²) in [6.45, 7) is 2.84. The number of carbonyl (C=O) groups excluding carboxylic acids is 2. The van der Waals surface area contributed by atoms with E-state index in [0.29, 0.717) is 16.7 Å². The molecule has 0 spiro atoms. The fourth-order valence-electron chi connectivity index (χ4n) is 2.81. The number of likely N-dealkylation sites (tertiary alicyclic amines) is 1. The molecule has 0 atom stereocenters. The van der Waals surface area contributed by atoms with Crippen LogP contribution in [-0.2, 0) is 4.79 Å². The highest BCUT2D eigenvalue weighted by atomic mass is 16.5. The van der Waals surface area contributed by atoms with Gasteiger partial charge in [-0.2, -0.15) is 0 Å². The second kappa shape index (κ2) is 6.86. The van der Waals surface area contributed by atoms with Crippen LogP contribution in [0.2, 0.25) is 0 Å². The number of hydrogen-bond donors (Lipinski definition) is 0. The van der Waals surface area contributed by atoms with Crippen LogP contribution in [0.3, 0.4) is 0 Å². The van der Waals surface area contributed by atoms with Gasteiger partial charge in [0.25, 0.3) is 5.91 Å². The number of piperidine rings is 1. The third-order valence-electron chi connectivity index (χ3n) is 4.16. The Labute approximate surface area is 139 Å². The Bertz CT molecular complexity index is 833. The van der Waals surface area contributed by atoms with Crippen LogP contribution in [-0.4, -0.2) is 36.3 Å². The van der Waals surface area contributed by atoms with Crippen molar-refractivity contribution in [3.63, 3.8) is 0 Å². The Morgan fingerprint density at radius 2 is 1.92 bits per heavy atom. The number of carbonyl (C=O) groups is 2. The second-order valence-electron chi connectivity index (χ2n) is 5.93. The van der Waals surface area contributed by atoms with Crippen LogP contribution in [0.5, 0.6) is 5.75 Å². The smallest absolute Gasteiger partial charge is 0.347 e. The maximum absolute atomic E-state index is 12.1. The molecule has 1 aliphatic heterocycles. The van der Waals surface area contributed by atoms with E-state index in [2.05, 4.69) is 0 Å². The number of benzene rings is 1. The van der Waals surface area contributed by atoms with Crippen LogP contribution >= 0.6 is 0 Å². The predicted molar refractivity (Wildman–Crippen MR) is 88.4 cm³/mol. The molecule has 1 saturated heterocycles. The zero-order valence-electron chi connectivity index (χ0n) is 13.5. The zero-order chi connectivity index (χ0) is 17.1. The maximum atomic E-state index is 12.1. The topological polar surface area (TPSA) is 76.8 Å². The van der Waals surface area contributed by atoms with Crippen LogP contribution in [0, 0.1) is 0 Å². The summed E-state index contributed by atoms with van der Waals surface area (Å²) >= 11 is 0. The van der Waals surface area contributed by atoms with E-state index in [1.807, 2.05) is 4.90 Å². The van der Waals surface area contributed by atoms with Crippen LogP contribution in [0.25, 0.3) is 11.0 Å². The van der Waals surface area contributed by atoms with E-state index in [0.717, 1.165) is 32.4 Å². The summed E-state index contributed by atoms with van der Waals surface area (Å²) in [6, 6.07) is 6.46. The van der Waals surface area contributed by atoms with Gasteiger partial charge < -0.3 is 14.1 Å². The second-order valence-corrected chi connectivity index (χ2v) is 5.93. The number of rotatable bonds is 4. The lowest BCUT2D eigenvalue weighted by atomic mass is 10.1. The van der Waals surface area contributed by atoms with Crippen molar-refractivity contribution in [1.29, 1.82) is 0 Å². The van der Waals surface area contributed by atoms with Crippen molar-refractivity contribution in [3.05, 3.63) is 40.2 Å². The number of amides is 1. The predicted octanol–water partition coefficient (Wildman–Crippen LogP) is 2.39. The molecule has 1 aromatic heterocycles. The highest BCUT2D eigenvalue weighted by molar-refractivity contribution is 5.96. The highest BCUT2D eigenvalue weighted by Gasteiger charge is 2.17. The van der Waals surface area contributed by atoms with Gasteiger partial charge in [-0.1, -0.05) is 0 Å². The molecule has 0 unspecified atom stereocenters. The first-order chi connectivity index (χ1) is 11.5. The molecule has 126 valence electrons. The van der Waals surface area contributed by atoms with Crippen LogP contribution in [0.1, 0.15) is 36.5 Å². The van der Waals surface area contributed by atoms with Crippen molar-refractivity contribution < 1.29 is 18.7 Å². The molecule has 1 fully saturated rings. The number of nitrogens with zero attached hydrogens (tertiary/aromatic N) is 1. The van der Waals surface area contributed by atoms with Crippen molar-refractivity contribution in [2.75, 3.05) is 19.7 Å². The first-order valence-corrected chi connectivity index (χ1v) is 8.04. The van der Waals surface area contributed by atoms with Gasteiger partial charge >= 0.3 is 5.63 Å². The lowest BCUT2D eigenvalue weighted by Gasteiger charge is -2.26.